The van der Waals surface area contributed by atoms with Crippen LogP contribution in [0.25, 0.3) is 0 Å². The summed E-state index contributed by atoms with van der Waals surface area (Å²) in [5.41, 5.74) is 0.419. The van der Waals surface area contributed by atoms with Crippen molar-refractivity contribution in [2.45, 2.75) is 109 Å². The van der Waals surface area contributed by atoms with Crippen LogP contribution < -0.4 is 10.1 Å². The van der Waals surface area contributed by atoms with Crippen molar-refractivity contribution in [2.24, 2.45) is 5.92 Å². The van der Waals surface area contributed by atoms with Crippen LogP contribution in [0.15, 0.2) is 24.3 Å². The lowest BCUT2D eigenvalue weighted by Gasteiger charge is -2.52. The lowest BCUT2D eigenvalue weighted by molar-refractivity contribution is -0.165. The van der Waals surface area contributed by atoms with Gasteiger partial charge in [-0.15, -0.1) is 0 Å². The molecule has 3 fully saturated rings. The summed E-state index contributed by atoms with van der Waals surface area (Å²) in [6.07, 6.45) is 8.65. The third-order valence-electron chi connectivity index (χ3n) is 8.39. The van der Waals surface area contributed by atoms with Gasteiger partial charge in [0.25, 0.3) is 0 Å². The molecule has 1 spiro atoms. The van der Waals surface area contributed by atoms with Gasteiger partial charge in [-0.1, -0.05) is 45.7 Å². The topological polar surface area (TPSA) is 82.1 Å². The molecule has 1 aromatic carbocycles. The number of hydrogen-bond donors (Lipinski definition) is 2. The summed E-state index contributed by atoms with van der Waals surface area (Å²) in [7, 11) is 0. The van der Waals surface area contributed by atoms with Crippen LogP contribution in [0.2, 0.25) is 0 Å². The number of amides is 2. The molecule has 2 aliphatic heterocycles. The number of nitrogens with one attached hydrogen (secondary N) is 1. The number of benzene rings is 1. The minimum absolute atomic E-state index is 0.105. The Labute approximate surface area is 216 Å². The van der Waals surface area contributed by atoms with Gasteiger partial charge in [-0.2, -0.15) is 0 Å². The highest BCUT2D eigenvalue weighted by molar-refractivity contribution is 6.00. The second-order valence-electron chi connectivity index (χ2n) is 11.4. The molecular weight excluding hydrogens is 454 g/mol. The molecule has 200 valence electrons. The number of aliphatic hydroxyl groups is 1. The molecule has 3 aliphatic rings. The maximum atomic E-state index is 13.5. The molecule has 1 saturated carbocycles. The van der Waals surface area contributed by atoms with Crippen molar-refractivity contribution in [3.63, 3.8) is 0 Å². The van der Waals surface area contributed by atoms with E-state index in [1.54, 1.807) is 4.90 Å². The quantitative estimate of drug-likeness (QED) is 0.539. The standard InChI is InChI=1S/C29H45N3O4/c1-4-5-17-32-27(34)25(26(33)21(2)3)30-28(35)29(32)15-18-31(19-16-29)20-22-11-13-24(14-12-22)36-23-9-7-6-8-10-23/h11-14,21,23,25-26,33H,4-10,15-20H2,1-3H3,(H,30,35)/t25-,26-/m1/s1. The molecule has 1 aliphatic carbocycles. The summed E-state index contributed by atoms with van der Waals surface area (Å²) in [6, 6.07) is 7.59. The van der Waals surface area contributed by atoms with E-state index in [0.29, 0.717) is 25.5 Å². The maximum Gasteiger partial charge on any atom is 0.248 e. The van der Waals surface area contributed by atoms with Crippen molar-refractivity contribution in [2.75, 3.05) is 19.6 Å². The number of rotatable bonds is 9. The summed E-state index contributed by atoms with van der Waals surface area (Å²) in [4.78, 5) is 31.1. The second-order valence-corrected chi connectivity index (χ2v) is 11.4. The van der Waals surface area contributed by atoms with Crippen LogP contribution in [0.1, 0.15) is 84.1 Å². The Kier molecular flexibility index (Phi) is 8.94. The first-order valence-corrected chi connectivity index (χ1v) is 14.1. The highest BCUT2D eigenvalue weighted by Crippen LogP contribution is 2.35. The van der Waals surface area contributed by atoms with Gasteiger partial charge < -0.3 is 20.1 Å². The molecule has 36 heavy (non-hydrogen) atoms. The highest BCUT2D eigenvalue weighted by atomic mass is 16.5. The number of hydrogen-bond acceptors (Lipinski definition) is 5. The monoisotopic (exact) mass is 499 g/mol. The lowest BCUT2D eigenvalue weighted by Crippen LogP contribution is -2.74. The molecule has 7 nitrogen and oxygen atoms in total. The number of unbranched alkanes of at least 4 members (excludes halogenated alkanes) is 1. The molecule has 0 bridgehead atoms. The van der Waals surface area contributed by atoms with Crippen molar-refractivity contribution >= 4 is 11.8 Å². The third-order valence-corrected chi connectivity index (χ3v) is 8.39. The average Bonchev–Trinajstić information content (AvgIpc) is 2.89. The van der Waals surface area contributed by atoms with E-state index in [1.807, 2.05) is 13.8 Å². The normalized spacial score (nSPS) is 24.2. The second kappa shape index (κ2) is 12.0. The smallest absolute Gasteiger partial charge is 0.248 e. The Morgan fingerprint density at radius 3 is 2.36 bits per heavy atom. The summed E-state index contributed by atoms with van der Waals surface area (Å²) >= 11 is 0. The van der Waals surface area contributed by atoms with Crippen LogP contribution in [0.4, 0.5) is 0 Å². The van der Waals surface area contributed by atoms with Crippen LogP contribution in [-0.4, -0.2) is 70.1 Å². The molecular formula is C29H45N3O4. The Balaban J connectivity index is 1.37. The fourth-order valence-electron chi connectivity index (χ4n) is 5.98. The zero-order valence-corrected chi connectivity index (χ0v) is 22.4. The van der Waals surface area contributed by atoms with Gasteiger partial charge in [-0.05, 0) is 68.6 Å². The van der Waals surface area contributed by atoms with E-state index in [1.165, 1.54) is 24.8 Å². The fourth-order valence-corrected chi connectivity index (χ4v) is 5.98. The Hall–Kier alpha value is -2.12. The van der Waals surface area contributed by atoms with Crippen LogP contribution >= 0.6 is 0 Å². The lowest BCUT2D eigenvalue weighted by atomic mass is 9.80. The molecule has 0 unspecified atom stereocenters. The first-order chi connectivity index (χ1) is 17.3. The van der Waals surface area contributed by atoms with Gasteiger partial charge in [-0.3, -0.25) is 14.5 Å². The fraction of sp³-hybridized carbons (Fsp3) is 0.724. The zero-order valence-electron chi connectivity index (χ0n) is 22.4. The largest absolute Gasteiger partial charge is 0.490 e. The molecule has 7 heteroatoms. The van der Waals surface area contributed by atoms with Crippen molar-refractivity contribution in [1.29, 1.82) is 0 Å². The maximum absolute atomic E-state index is 13.5. The molecule has 2 heterocycles. The van der Waals surface area contributed by atoms with E-state index in [4.69, 9.17) is 4.74 Å². The van der Waals surface area contributed by atoms with Crippen LogP contribution in [-0.2, 0) is 16.1 Å². The number of likely N-dealkylation sites (tertiary alicyclic amines) is 1. The Morgan fingerprint density at radius 2 is 1.75 bits per heavy atom. The summed E-state index contributed by atoms with van der Waals surface area (Å²) in [6.45, 7) is 8.72. The minimum Gasteiger partial charge on any atom is -0.490 e. The number of carbonyl (C=O) groups is 2. The number of nitrogens with zero attached hydrogens (tertiary/aromatic N) is 2. The van der Waals surface area contributed by atoms with E-state index in [-0.39, 0.29) is 17.7 Å². The number of piperazine rings is 1. The van der Waals surface area contributed by atoms with Gasteiger partial charge in [0.1, 0.15) is 17.3 Å². The van der Waals surface area contributed by atoms with Gasteiger partial charge in [0, 0.05) is 26.2 Å². The van der Waals surface area contributed by atoms with E-state index >= 15 is 0 Å². The number of carbonyl (C=O) groups excluding carboxylic acids is 2. The SMILES string of the molecule is CCCCN1C(=O)[C@@H]([C@H](O)C(C)C)NC(=O)C12CCN(Cc1ccc(OC3CCCCC3)cc1)CC2. The van der Waals surface area contributed by atoms with E-state index in [9.17, 15) is 14.7 Å². The van der Waals surface area contributed by atoms with Gasteiger partial charge in [-0.25, -0.2) is 0 Å². The summed E-state index contributed by atoms with van der Waals surface area (Å²) in [5.74, 6) is 0.603. The van der Waals surface area contributed by atoms with Crippen LogP contribution in [0, 0.1) is 5.92 Å². The molecule has 2 N–H and O–H groups in total. The van der Waals surface area contributed by atoms with Crippen molar-refractivity contribution in [3.05, 3.63) is 29.8 Å². The van der Waals surface area contributed by atoms with Crippen molar-refractivity contribution in [1.82, 2.24) is 15.1 Å². The predicted octanol–water partition coefficient (Wildman–Crippen LogP) is 3.88. The molecule has 2 amide bonds. The first kappa shape index (κ1) is 26.9. The highest BCUT2D eigenvalue weighted by Gasteiger charge is 2.54. The van der Waals surface area contributed by atoms with Gasteiger partial charge >= 0.3 is 0 Å². The molecule has 0 aromatic heterocycles. The van der Waals surface area contributed by atoms with Crippen LogP contribution in [0.5, 0.6) is 5.75 Å². The summed E-state index contributed by atoms with van der Waals surface area (Å²) < 4.78 is 6.17. The third kappa shape index (κ3) is 5.88. The van der Waals surface area contributed by atoms with Crippen molar-refractivity contribution < 1.29 is 19.4 Å². The number of piperidine rings is 1. The summed E-state index contributed by atoms with van der Waals surface area (Å²) in [5, 5.41) is 13.5. The van der Waals surface area contributed by atoms with E-state index < -0.39 is 17.7 Å². The molecule has 2 atom stereocenters. The molecule has 2 saturated heterocycles. The average molecular weight is 500 g/mol. The van der Waals surface area contributed by atoms with Crippen LogP contribution in [0.3, 0.4) is 0 Å². The van der Waals surface area contributed by atoms with Gasteiger partial charge in [0.05, 0.1) is 12.2 Å². The first-order valence-electron chi connectivity index (χ1n) is 14.1. The molecule has 0 radical (unpaired) electrons. The number of ether oxygens (including phenoxy) is 1. The Morgan fingerprint density at radius 1 is 1.08 bits per heavy atom. The van der Waals surface area contributed by atoms with E-state index in [0.717, 1.165) is 51.1 Å². The molecule has 4 rings (SSSR count). The van der Waals surface area contributed by atoms with E-state index in [2.05, 4.69) is 41.4 Å². The minimum atomic E-state index is -0.881. The van der Waals surface area contributed by atoms with Gasteiger partial charge in [0.2, 0.25) is 11.8 Å². The molecule has 1 aromatic rings. The zero-order chi connectivity index (χ0) is 25.7. The van der Waals surface area contributed by atoms with Gasteiger partial charge in [0.15, 0.2) is 0 Å². The Bertz CT molecular complexity index is 873. The predicted molar refractivity (Wildman–Crippen MR) is 141 cm³/mol. The van der Waals surface area contributed by atoms with Crippen molar-refractivity contribution in [3.8, 4) is 5.75 Å². The number of aliphatic hydroxyl groups excluding tert-OH is 1.